The minimum absolute atomic E-state index is 0.567. The summed E-state index contributed by atoms with van der Waals surface area (Å²) in [5.41, 5.74) is 5.92. The Bertz CT molecular complexity index is 103. The van der Waals surface area contributed by atoms with Crippen LogP contribution in [0, 0.1) is 11.8 Å². The molecule has 1 atom stereocenters. The molecule has 2 bridgehead atoms. The van der Waals surface area contributed by atoms with E-state index in [0.717, 1.165) is 11.8 Å². The molecule has 0 spiro atoms. The minimum Gasteiger partial charge on any atom is -0.327 e. The van der Waals surface area contributed by atoms with E-state index in [9.17, 15) is 0 Å². The van der Waals surface area contributed by atoms with Gasteiger partial charge in [0.15, 0.2) is 0 Å². The Morgan fingerprint density at radius 1 is 1.00 bits per heavy atom. The van der Waals surface area contributed by atoms with Crippen molar-refractivity contribution in [3.8, 4) is 0 Å². The maximum atomic E-state index is 5.92. The number of rotatable bonds is 0. The number of nitrogens with two attached hydrogens (primary N) is 1. The van der Waals surface area contributed by atoms with Crippen LogP contribution < -0.4 is 5.73 Å². The minimum atomic E-state index is 0.567. The summed E-state index contributed by atoms with van der Waals surface area (Å²) in [5, 5.41) is 0. The first-order valence-corrected chi connectivity index (χ1v) is 4.12. The Hall–Kier alpha value is -0.0400. The Kier molecular flexibility index (Phi) is 1.26. The van der Waals surface area contributed by atoms with Gasteiger partial charge in [-0.05, 0) is 31.1 Å². The van der Waals surface area contributed by atoms with Crippen LogP contribution in [-0.2, 0) is 0 Å². The van der Waals surface area contributed by atoms with Crippen molar-refractivity contribution in [3.63, 3.8) is 0 Å². The molecule has 0 aromatic heterocycles. The molecule has 0 aromatic carbocycles. The summed E-state index contributed by atoms with van der Waals surface area (Å²) in [6.07, 6.45) is 7.11. The van der Waals surface area contributed by atoms with Gasteiger partial charge in [0.2, 0.25) is 0 Å². The van der Waals surface area contributed by atoms with Gasteiger partial charge >= 0.3 is 0 Å². The standard InChI is InChI=1S/C8H15N/c9-8-5-6-1-3-7(8)4-2-6/h6-8H,1-5,9H2. The highest BCUT2D eigenvalue weighted by molar-refractivity contribution is 4.88. The molecule has 3 aliphatic rings. The lowest BCUT2D eigenvalue weighted by Gasteiger charge is -2.40. The molecule has 2 N–H and O–H groups in total. The van der Waals surface area contributed by atoms with Crippen molar-refractivity contribution in [2.24, 2.45) is 17.6 Å². The molecule has 52 valence electrons. The van der Waals surface area contributed by atoms with Crippen molar-refractivity contribution < 1.29 is 0 Å². The third kappa shape index (κ3) is 0.877. The van der Waals surface area contributed by atoms with Gasteiger partial charge in [0.25, 0.3) is 0 Å². The van der Waals surface area contributed by atoms with Crippen LogP contribution in [0.15, 0.2) is 0 Å². The van der Waals surface area contributed by atoms with Gasteiger partial charge in [0.05, 0.1) is 0 Å². The molecule has 0 heterocycles. The van der Waals surface area contributed by atoms with E-state index in [4.69, 9.17) is 5.73 Å². The second-order valence-corrected chi connectivity index (χ2v) is 3.68. The first-order chi connectivity index (χ1) is 4.36. The quantitative estimate of drug-likeness (QED) is 0.522. The largest absolute Gasteiger partial charge is 0.327 e. The zero-order valence-electron chi connectivity index (χ0n) is 5.84. The van der Waals surface area contributed by atoms with Gasteiger partial charge in [-0.3, -0.25) is 0 Å². The number of fused-ring (bicyclic) bond motifs is 3. The molecular formula is C8H15N. The van der Waals surface area contributed by atoms with Crippen molar-refractivity contribution in [3.05, 3.63) is 0 Å². The molecular weight excluding hydrogens is 110 g/mol. The topological polar surface area (TPSA) is 26.0 Å². The molecule has 0 radical (unpaired) electrons. The fourth-order valence-corrected chi connectivity index (χ4v) is 2.43. The first kappa shape index (κ1) is 5.72. The molecule has 3 saturated carbocycles. The Morgan fingerprint density at radius 2 is 1.67 bits per heavy atom. The maximum Gasteiger partial charge on any atom is 0.00698 e. The second-order valence-electron chi connectivity index (χ2n) is 3.68. The van der Waals surface area contributed by atoms with Crippen LogP contribution in [0.25, 0.3) is 0 Å². The maximum absolute atomic E-state index is 5.92. The van der Waals surface area contributed by atoms with E-state index in [1.165, 1.54) is 32.1 Å². The summed E-state index contributed by atoms with van der Waals surface area (Å²) in [5.74, 6) is 1.90. The Balaban J connectivity index is 2.06. The second kappa shape index (κ2) is 1.98. The van der Waals surface area contributed by atoms with E-state index in [2.05, 4.69) is 0 Å². The van der Waals surface area contributed by atoms with Gasteiger partial charge in [-0.15, -0.1) is 0 Å². The normalized spacial score (nSPS) is 49.7. The molecule has 0 saturated heterocycles. The van der Waals surface area contributed by atoms with Gasteiger partial charge in [-0.1, -0.05) is 12.8 Å². The average molecular weight is 125 g/mol. The smallest absolute Gasteiger partial charge is 0.00698 e. The molecule has 3 aliphatic carbocycles. The van der Waals surface area contributed by atoms with Crippen LogP contribution in [0.3, 0.4) is 0 Å². The van der Waals surface area contributed by atoms with Gasteiger partial charge in [0, 0.05) is 6.04 Å². The van der Waals surface area contributed by atoms with Gasteiger partial charge in [-0.2, -0.15) is 0 Å². The Morgan fingerprint density at radius 3 is 1.89 bits per heavy atom. The summed E-state index contributed by atoms with van der Waals surface area (Å²) < 4.78 is 0. The van der Waals surface area contributed by atoms with Crippen LogP contribution in [0.5, 0.6) is 0 Å². The van der Waals surface area contributed by atoms with Gasteiger partial charge in [-0.25, -0.2) is 0 Å². The van der Waals surface area contributed by atoms with E-state index < -0.39 is 0 Å². The summed E-state index contributed by atoms with van der Waals surface area (Å²) >= 11 is 0. The van der Waals surface area contributed by atoms with Gasteiger partial charge in [0.1, 0.15) is 0 Å². The number of hydrogen-bond donors (Lipinski definition) is 1. The van der Waals surface area contributed by atoms with Crippen molar-refractivity contribution in [2.45, 2.75) is 38.1 Å². The number of hydrogen-bond acceptors (Lipinski definition) is 1. The highest BCUT2D eigenvalue weighted by atomic mass is 14.7. The summed E-state index contributed by atoms with van der Waals surface area (Å²) in [6, 6.07) is 0.567. The van der Waals surface area contributed by atoms with Crippen LogP contribution in [-0.4, -0.2) is 6.04 Å². The molecule has 3 rings (SSSR count). The van der Waals surface area contributed by atoms with E-state index >= 15 is 0 Å². The predicted molar refractivity (Wildman–Crippen MR) is 38.0 cm³/mol. The van der Waals surface area contributed by atoms with Crippen molar-refractivity contribution >= 4 is 0 Å². The fraction of sp³-hybridized carbons (Fsp3) is 1.00. The lowest BCUT2D eigenvalue weighted by atomic mass is 9.68. The van der Waals surface area contributed by atoms with E-state index in [0.29, 0.717) is 6.04 Å². The molecule has 9 heavy (non-hydrogen) atoms. The van der Waals surface area contributed by atoms with Crippen LogP contribution in [0.4, 0.5) is 0 Å². The third-order valence-electron chi connectivity index (χ3n) is 3.10. The molecule has 1 nitrogen and oxygen atoms in total. The first-order valence-electron chi connectivity index (χ1n) is 4.12. The highest BCUT2D eigenvalue weighted by Crippen LogP contribution is 2.40. The van der Waals surface area contributed by atoms with Crippen molar-refractivity contribution in [2.75, 3.05) is 0 Å². The zero-order chi connectivity index (χ0) is 6.27. The molecule has 0 aromatic rings. The average Bonchev–Trinajstić information content (AvgIpc) is 1.90. The van der Waals surface area contributed by atoms with Crippen molar-refractivity contribution in [1.82, 2.24) is 0 Å². The van der Waals surface area contributed by atoms with Crippen LogP contribution in [0.2, 0.25) is 0 Å². The SMILES string of the molecule is NC1CC2CCC1CC2. The Labute approximate surface area is 56.6 Å². The van der Waals surface area contributed by atoms with Gasteiger partial charge < -0.3 is 5.73 Å². The molecule has 3 fully saturated rings. The zero-order valence-corrected chi connectivity index (χ0v) is 5.84. The van der Waals surface area contributed by atoms with Crippen LogP contribution >= 0.6 is 0 Å². The summed E-state index contributed by atoms with van der Waals surface area (Å²) in [6.45, 7) is 0. The van der Waals surface area contributed by atoms with Crippen LogP contribution in [0.1, 0.15) is 32.1 Å². The van der Waals surface area contributed by atoms with E-state index in [-0.39, 0.29) is 0 Å². The lowest BCUT2D eigenvalue weighted by molar-refractivity contribution is 0.147. The highest BCUT2D eigenvalue weighted by Gasteiger charge is 2.32. The molecule has 0 aliphatic heterocycles. The van der Waals surface area contributed by atoms with E-state index in [1.54, 1.807) is 0 Å². The molecule has 1 unspecified atom stereocenters. The molecule has 1 heteroatoms. The molecule has 0 amide bonds. The monoisotopic (exact) mass is 125 g/mol. The predicted octanol–water partition coefficient (Wildman–Crippen LogP) is 1.52. The summed E-state index contributed by atoms with van der Waals surface area (Å²) in [7, 11) is 0. The lowest BCUT2D eigenvalue weighted by Crippen LogP contribution is -2.40. The van der Waals surface area contributed by atoms with E-state index in [1.807, 2.05) is 0 Å². The summed E-state index contributed by atoms with van der Waals surface area (Å²) in [4.78, 5) is 0. The third-order valence-corrected chi connectivity index (χ3v) is 3.10. The fourth-order valence-electron chi connectivity index (χ4n) is 2.43. The van der Waals surface area contributed by atoms with Crippen molar-refractivity contribution in [1.29, 1.82) is 0 Å².